The maximum Gasteiger partial charge on any atom is 0.233 e. The van der Waals surface area contributed by atoms with Gasteiger partial charge in [0.2, 0.25) is 5.91 Å². The van der Waals surface area contributed by atoms with Crippen molar-refractivity contribution in [2.75, 3.05) is 0 Å². The molecular formula is C14H22N2O2S. The molecule has 3 N–H and O–H groups in total. The molecule has 106 valence electrons. The average Bonchev–Trinajstić information content (AvgIpc) is 3.01. The van der Waals surface area contributed by atoms with Crippen molar-refractivity contribution in [2.45, 2.75) is 69.6 Å². The Morgan fingerprint density at radius 3 is 2.53 bits per heavy atom. The number of fused-ring (bicyclic) bond motifs is 2. The van der Waals surface area contributed by atoms with Crippen molar-refractivity contribution < 1.29 is 9.53 Å². The highest BCUT2D eigenvalue weighted by Crippen LogP contribution is 2.39. The summed E-state index contributed by atoms with van der Waals surface area (Å²) in [6.45, 7) is 0. The summed E-state index contributed by atoms with van der Waals surface area (Å²) in [5.41, 5.74) is 5.29. The molecule has 2 bridgehead atoms. The fourth-order valence-electron chi connectivity index (χ4n) is 3.84. The molecule has 1 amide bonds. The molecule has 1 aliphatic carbocycles. The van der Waals surface area contributed by atoms with Gasteiger partial charge in [-0.05, 0) is 32.1 Å². The minimum atomic E-state index is -0.602. The molecule has 2 saturated heterocycles. The number of rotatable bonds is 3. The van der Waals surface area contributed by atoms with Crippen LogP contribution in [0.15, 0.2) is 0 Å². The van der Waals surface area contributed by atoms with Crippen molar-refractivity contribution in [1.82, 2.24) is 5.32 Å². The zero-order valence-electron chi connectivity index (χ0n) is 11.2. The molecule has 3 aliphatic rings. The quantitative estimate of drug-likeness (QED) is 0.773. The molecule has 3 fully saturated rings. The number of nitrogens with two attached hydrogens (primary N) is 1. The average molecular weight is 282 g/mol. The van der Waals surface area contributed by atoms with Gasteiger partial charge in [-0.25, -0.2) is 0 Å². The third kappa shape index (κ3) is 2.27. The topological polar surface area (TPSA) is 64.4 Å². The minimum Gasteiger partial charge on any atom is -0.392 e. The number of amides is 1. The lowest BCUT2D eigenvalue weighted by Crippen LogP contribution is -2.54. The summed E-state index contributed by atoms with van der Waals surface area (Å²) in [5, 5.41) is 3.17. The smallest absolute Gasteiger partial charge is 0.233 e. The molecule has 3 atom stereocenters. The Labute approximate surface area is 119 Å². The van der Waals surface area contributed by atoms with E-state index in [0.29, 0.717) is 11.1 Å². The number of hydrogen-bond donors (Lipinski definition) is 2. The Bertz CT molecular complexity index is 393. The van der Waals surface area contributed by atoms with E-state index in [-0.39, 0.29) is 18.1 Å². The Morgan fingerprint density at radius 2 is 2.00 bits per heavy atom. The first-order valence-corrected chi connectivity index (χ1v) is 7.79. The van der Waals surface area contributed by atoms with Crippen LogP contribution in [0.2, 0.25) is 0 Å². The molecule has 0 aromatic heterocycles. The van der Waals surface area contributed by atoms with Crippen LogP contribution in [0.1, 0.15) is 51.4 Å². The van der Waals surface area contributed by atoms with E-state index in [0.717, 1.165) is 44.9 Å². The minimum absolute atomic E-state index is 0.0425. The Balaban J connectivity index is 1.69. The normalized spacial score (nSPS) is 36.1. The van der Waals surface area contributed by atoms with Crippen molar-refractivity contribution in [2.24, 2.45) is 11.1 Å². The second-order valence-electron chi connectivity index (χ2n) is 6.20. The van der Waals surface area contributed by atoms with Gasteiger partial charge in [-0.15, -0.1) is 0 Å². The number of carbonyl (C=O) groups excluding carboxylic acids is 1. The molecule has 2 heterocycles. The molecule has 4 nitrogen and oxygen atoms in total. The van der Waals surface area contributed by atoms with E-state index in [2.05, 4.69) is 5.32 Å². The first-order chi connectivity index (χ1) is 9.12. The summed E-state index contributed by atoms with van der Waals surface area (Å²) in [6.07, 6.45) is 8.57. The number of carbonyl (C=O) groups is 1. The van der Waals surface area contributed by atoms with Gasteiger partial charge in [0, 0.05) is 0 Å². The highest BCUT2D eigenvalue weighted by molar-refractivity contribution is 7.80. The first kappa shape index (κ1) is 13.3. The SMILES string of the molecule is NC(=S)C1(C(=O)NC2CC3CCC2O3)CCCCC1. The molecule has 0 radical (unpaired) electrons. The second kappa shape index (κ2) is 5.02. The zero-order chi connectivity index (χ0) is 13.5. The van der Waals surface area contributed by atoms with E-state index in [4.69, 9.17) is 22.7 Å². The Hall–Kier alpha value is -0.680. The van der Waals surface area contributed by atoms with Crippen LogP contribution in [0, 0.1) is 5.41 Å². The lowest BCUT2D eigenvalue weighted by Gasteiger charge is -2.36. The van der Waals surface area contributed by atoms with Gasteiger partial charge >= 0.3 is 0 Å². The van der Waals surface area contributed by atoms with Crippen molar-refractivity contribution >= 4 is 23.1 Å². The standard InChI is InChI=1S/C14H22N2O2S/c15-12(19)14(6-2-1-3-7-14)13(17)16-10-8-9-4-5-11(10)18-9/h9-11H,1-8H2,(H2,15,19)(H,16,17). The van der Waals surface area contributed by atoms with E-state index in [9.17, 15) is 4.79 Å². The van der Waals surface area contributed by atoms with Crippen LogP contribution in [0.5, 0.6) is 0 Å². The monoisotopic (exact) mass is 282 g/mol. The molecule has 0 aromatic carbocycles. The highest BCUT2D eigenvalue weighted by Gasteiger charge is 2.47. The van der Waals surface area contributed by atoms with Crippen LogP contribution in [0.4, 0.5) is 0 Å². The Morgan fingerprint density at radius 1 is 1.26 bits per heavy atom. The van der Waals surface area contributed by atoms with Crippen LogP contribution >= 0.6 is 12.2 Å². The maximum absolute atomic E-state index is 12.7. The molecule has 19 heavy (non-hydrogen) atoms. The number of hydrogen-bond acceptors (Lipinski definition) is 3. The van der Waals surface area contributed by atoms with E-state index in [1.807, 2.05) is 0 Å². The van der Waals surface area contributed by atoms with Crippen LogP contribution in [0.25, 0.3) is 0 Å². The number of thiocarbonyl (C=S) groups is 1. The van der Waals surface area contributed by atoms with Gasteiger partial charge in [-0.2, -0.15) is 0 Å². The first-order valence-electron chi connectivity index (χ1n) is 7.38. The van der Waals surface area contributed by atoms with E-state index < -0.39 is 5.41 Å². The van der Waals surface area contributed by atoms with Gasteiger partial charge in [0.15, 0.2) is 0 Å². The van der Waals surface area contributed by atoms with Crippen molar-refractivity contribution in [3.63, 3.8) is 0 Å². The highest BCUT2D eigenvalue weighted by atomic mass is 32.1. The zero-order valence-corrected chi connectivity index (χ0v) is 12.0. The molecule has 3 rings (SSSR count). The molecule has 0 spiro atoms. The van der Waals surface area contributed by atoms with Crippen molar-refractivity contribution in [3.05, 3.63) is 0 Å². The maximum atomic E-state index is 12.7. The van der Waals surface area contributed by atoms with E-state index in [1.165, 1.54) is 6.42 Å². The van der Waals surface area contributed by atoms with Gasteiger partial charge in [0.25, 0.3) is 0 Å². The summed E-state index contributed by atoms with van der Waals surface area (Å²) in [5.74, 6) is 0.0425. The predicted molar refractivity (Wildman–Crippen MR) is 76.7 cm³/mol. The number of nitrogens with one attached hydrogen (secondary N) is 1. The van der Waals surface area contributed by atoms with Gasteiger partial charge < -0.3 is 15.8 Å². The van der Waals surface area contributed by atoms with Crippen molar-refractivity contribution in [3.8, 4) is 0 Å². The summed E-state index contributed by atoms with van der Waals surface area (Å²) < 4.78 is 5.79. The fraction of sp³-hybridized carbons (Fsp3) is 0.857. The lowest BCUT2D eigenvalue weighted by atomic mass is 9.73. The molecule has 2 aliphatic heterocycles. The van der Waals surface area contributed by atoms with Crippen LogP contribution in [-0.2, 0) is 9.53 Å². The fourth-order valence-corrected chi connectivity index (χ4v) is 4.13. The van der Waals surface area contributed by atoms with Gasteiger partial charge in [0.1, 0.15) is 0 Å². The predicted octanol–water partition coefficient (Wildman–Crippen LogP) is 1.66. The van der Waals surface area contributed by atoms with Crippen LogP contribution < -0.4 is 11.1 Å². The van der Waals surface area contributed by atoms with Gasteiger partial charge in [-0.1, -0.05) is 31.5 Å². The van der Waals surface area contributed by atoms with E-state index in [1.54, 1.807) is 0 Å². The summed E-state index contributed by atoms with van der Waals surface area (Å²) >= 11 is 5.20. The molecular weight excluding hydrogens is 260 g/mol. The van der Waals surface area contributed by atoms with E-state index >= 15 is 0 Å². The molecule has 1 saturated carbocycles. The van der Waals surface area contributed by atoms with Crippen molar-refractivity contribution in [1.29, 1.82) is 0 Å². The largest absolute Gasteiger partial charge is 0.392 e. The molecule has 3 unspecified atom stereocenters. The van der Waals surface area contributed by atoms with Gasteiger partial charge in [0.05, 0.1) is 28.7 Å². The third-order valence-electron chi connectivity index (χ3n) is 5.04. The third-order valence-corrected chi connectivity index (χ3v) is 5.43. The van der Waals surface area contributed by atoms with Crippen LogP contribution in [-0.4, -0.2) is 29.1 Å². The van der Waals surface area contributed by atoms with Gasteiger partial charge in [-0.3, -0.25) is 4.79 Å². The lowest BCUT2D eigenvalue weighted by molar-refractivity contribution is -0.130. The summed E-state index contributed by atoms with van der Waals surface area (Å²) in [6, 6.07) is 0.166. The van der Waals surface area contributed by atoms with Crippen LogP contribution in [0.3, 0.4) is 0 Å². The summed E-state index contributed by atoms with van der Waals surface area (Å²) in [4.78, 5) is 13.0. The molecule has 5 heteroatoms. The Kier molecular flexibility index (Phi) is 3.52. The number of ether oxygens (including phenoxy) is 1. The second-order valence-corrected chi connectivity index (χ2v) is 6.64. The summed E-state index contributed by atoms with van der Waals surface area (Å²) in [7, 11) is 0. The molecule has 0 aromatic rings.